The van der Waals surface area contributed by atoms with Crippen molar-refractivity contribution in [3.63, 3.8) is 0 Å². The van der Waals surface area contributed by atoms with Gasteiger partial charge in [0.1, 0.15) is 0 Å². The lowest BCUT2D eigenvalue weighted by molar-refractivity contribution is 0.0517. The van der Waals surface area contributed by atoms with Crippen LogP contribution in [-0.2, 0) is 0 Å². The Morgan fingerprint density at radius 2 is 1.69 bits per heavy atom. The maximum absolute atomic E-state index is 9.68. The van der Waals surface area contributed by atoms with Gasteiger partial charge in [-0.15, -0.1) is 0 Å². The molecule has 0 aliphatic heterocycles. The summed E-state index contributed by atoms with van der Waals surface area (Å²) in [5.41, 5.74) is 7.18. The molecule has 13 heavy (non-hydrogen) atoms. The second kappa shape index (κ2) is 3.48. The zero-order chi connectivity index (χ0) is 10.1. The van der Waals surface area contributed by atoms with Crippen LogP contribution in [0.15, 0.2) is 24.3 Å². The topological polar surface area (TPSA) is 46.2 Å². The number of rotatable bonds is 2. The van der Waals surface area contributed by atoms with E-state index >= 15 is 0 Å². The van der Waals surface area contributed by atoms with E-state index in [1.54, 1.807) is 13.8 Å². The fourth-order valence-corrected chi connectivity index (χ4v) is 1.18. The van der Waals surface area contributed by atoms with Crippen molar-refractivity contribution in [2.24, 2.45) is 5.73 Å². The van der Waals surface area contributed by atoms with Gasteiger partial charge in [-0.2, -0.15) is 0 Å². The number of hydrogen-bond donors (Lipinski definition) is 2. The van der Waals surface area contributed by atoms with Crippen LogP contribution in [0.2, 0.25) is 0 Å². The molecule has 2 nitrogen and oxygen atoms in total. The van der Waals surface area contributed by atoms with Crippen LogP contribution in [0, 0.1) is 6.92 Å². The molecule has 1 aromatic rings. The summed E-state index contributed by atoms with van der Waals surface area (Å²) in [6.45, 7) is 5.47. The van der Waals surface area contributed by atoms with Gasteiger partial charge in [0.05, 0.1) is 11.6 Å². The average molecular weight is 179 g/mol. The summed E-state index contributed by atoms with van der Waals surface area (Å²) in [5, 5.41) is 9.68. The highest BCUT2D eigenvalue weighted by molar-refractivity contribution is 5.25. The Kier molecular flexibility index (Phi) is 2.74. The Morgan fingerprint density at radius 3 is 2.08 bits per heavy atom. The van der Waals surface area contributed by atoms with Crippen molar-refractivity contribution in [1.82, 2.24) is 0 Å². The standard InChI is InChI=1S/C11H17NO/c1-8-4-6-9(7-5-8)10(12)11(2,3)13/h4-7,10,13H,12H2,1-3H3. The van der Waals surface area contributed by atoms with E-state index in [1.807, 2.05) is 31.2 Å². The van der Waals surface area contributed by atoms with E-state index in [0.717, 1.165) is 5.56 Å². The van der Waals surface area contributed by atoms with Gasteiger partial charge >= 0.3 is 0 Å². The maximum Gasteiger partial charge on any atom is 0.0783 e. The molecule has 0 aromatic heterocycles. The molecular weight excluding hydrogens is 162 g/mol. The zero-order valence-electron chi connectivity index (χ0n) is 8.41. The first-order chi connectivity index (χ1) is 5.91. The van der Waals surface area contributed by atoms with Crippen molar-refractivity contribution in [1.29, 1.82) is 0 Å². The normalized spacial score (nSPS) is 14.2. The van der Waals surface area contributed by atoms with E-state index in [9.17, 15) is 5.11 Å². The lowest BCUT2D eigenvalue weighted by Crippen LogP contribution is -2.34. The molecule has 3 N–H and O–H groups in total. The van der Waals surface area contributed by atoms with Crippen LogP contribution in [0.5, 0.6) is 0 Å². The molecule has 0 aliphatic rings. The van der Waals surface area contributed by atoms with Crippen LogP contribution < -0.4 is 5.73 Å². The van der Waals surface area contributed by atoms with Gasteiger partial charge in [-0.25, -0.2) is 0 Å². The molecule has 0 fully saturated rings. The van der Waals surface area contributed by atoms with Crippen LogP contribution >= 0.6 is 0 Å². The quantitative estimate of drug-likeness (QED) is 0.726. The average Bonchev–Trinajstić information content (AvgIpc) is 2.03. The van der Waals surface area contributed by atoms with Crippen LogP contribution in [0.4, 0.5) is 0 Å². The van der Waals surface area contributed by atoms with Gasteiger partial charge in [0.25, 0.3) is 0 Å². The van der Waals surface area contributed by atoms with Crippen molar-refractivity contribution in [3.05, 3.63) is 35.4 Å². The SMILES string of the molecule is Cc1ccc(C(N)C(C)(C)O)cc1. The maximum atomic E-state index is 9.68. The molecule has 1 aromatic carbocycles. The van der Waals surface area contributed by atoms with Crippen molar-refractivity contribution in [2.75, 3.05) is 0 Å². The van der Waals surface area contributed by atoms with Crippen molar-refractivity contribution in [3.8, 4) is 0 Å². The smallest absolute Gasteiger partial charge is 0.0783 e. The van der Waals surface area contributed by atoms with E-state index in [0.29, 0.717) is 0 Å². The Morgan fingerprint density at radius 1 is 1.23 bits per heavy atom. The molecule has 0 spiro atoms. The molecule has 1 atom stereocenters. The van der Waals surface area contributed by atoms with Gasteiger partial charge in [0.15, 0.2) is 0 Å². The molecule has 0 aliphatic carbocycles. The lowest BCUT2D eigenvalue weighted by atomic mass is 9.92. The van der Waals surface area contributed by atoms with E-state index in [-0.39, 0.29) is 6.04 Å². The number of aryl methyl sites for hydroxylation is 1. The number of aliphatic hydroxyl groups is 1. The molecule has 2 heteroatoms. The van der Waals surface area contributed by atoms with Gasteiger partial charge in [-0.3, -0.25) is 0 Å². The zero-order valence-corrected chi connectivity index (χ0v) is 8.41. The van der Waals surface area contributed by atoms with Gasteiger partial charge < -0.3 is 10.8 Å². The molecular formula is C11H17NO. The Bertz CT molecular complexity index is 271. The minimum absolute atomic E-state index is 0.326. The predicted molar refractivity (Wildman–Crippen MR) is 54.4 cm³/mol. The summed E-state index contributed by atoms with van der Waals surface area (Å²) in [4.78, 5) is 0. The fraction of sp³-hybridized carbons (Fsp3) is 0.455. The minimum atomic E-state index is -0.866. The second-order valence-corrected chi connectivity index (χ2v) is 4.04. The molecule has 0 saturated carbocycles. The van der Waals surface area contributed by atoms with Crippen LogP contribution in [-0.4, -0.2) is 10.7 Å². The highest BCUT2D eigenvalue weighted by Gasteiger charge is 2.23. The third kappa shape index (κ3) is 2.54. The lowest BCUT2D eigenvalue weighted by Gasteiger charge is -2.25. The predicted octanol–water partition coefficient (Wildman–Crippen LogP) is 1.77. The molecule has 0 heterocycles. The Balaban J connectivity index is 2.90. The molecule has 1 rings (SSSR count). The third-order valence-corrected chi connectivity index (χ3v) is 2.20. The molecule has 72 valence electrons. The fourth-order valence-electron chi connectivity index (χ4n) is 1.18. The highest BCUT2D eigenvalue weighted by Crippen LogP contribution is 2.22. The molecule has 1 unspecified atom stereocenters. The molecule has 0 saturated heterocycles. The number of hydrogen-bond acceptors (Lipinski definition) is 2. The van der Waals surface area contributed by atoms with Crippen LogP contribution in [0.3, 0.4) is 0 Å². The monoisotopic (exact) mass is 179 g/mol. The van der Waals surface area contributed by atoms with Crippen molar-refractivity contribution >= 4 is 0 Å². The summed E-state index contributed by atoms with van der Waals surface area (Å²) in [5.74, 6) is 0. The first kappa shape index (κ1) is 10.2. The van der Waals surface area contributed by atoms with Gasteiger partial charge in [0.2, 0.25) is 0 Å². The summed E-state index contributed by atoms with van der Waals surface area (Å²) >= 11 is 0. The van der Waals surface area contributed by atoms with Crippen LogP contribution in [0.25, 0.3) is 0 Å². The van der Waals surface area contributed by atoms with E-state index < -0.39 is 5.60 Å². The van der Waals surface area contributed by atoms with Crippen molar-refractivity contribution in [2.45, 2.75) is 32.4 Å². The Labute approximate surface area is 79.4 Å². The molecule has 0 amide bonds. The highest BCUT2D eigenvalue weighted by atomic mass is 16.3. The minimum Gasteiger partial charge on any atom is -0.388 e. The summed E-state index contributed by atoms with van der Waals surface area (Å²) in [6, 6.07) is 7.59. The largest absolute Gasteiger partial charge is 0.388 e. The van der Waals surface area contributed by atoms with E-state index in [2.05, 4.69) is 0 Å². The first-order valence-corrected chi connectivity index (χ1v) is 4.46. The van der Waals surface area contributed by atoms with E-state index in [4.69, 9.17) is 5.73 Å². The van der Waals surface area contributed by atoms with E-state index in [1.165, 1.54) is 5.56 Å². The number of nitrogens with two attached hydrogens (primary N) is 1. The third-order valence-electron chi connectivity index (χ3n) is 2.20. The van der Waals surface area contributed by atoms with Crippen molar-refractivity contribution < 1.29 is 5.11 Å². The number of benzene rings is 1. The van der Waals surface area contributed by atoms with Gasteiger partial charge in [0, 0.05) is 0 Å². The first-order valence-electron chi connectivity index (χ1n) is 4.46. The Hall–Kier alpha value is -0.860. The summed E-state index contributed by atoms with van der Waals surface area (Å²) in [7, 11) is 0. The molecule has 0 radical (unpaired) electrons. The summed E-state index contributed by atoms with van der Waals surface area (Å²) in [6.07, 6.45) is 0. The summed E-state index contributed by atoms with van der Waals surface area (Å²) < 4.78 is 0. The van der Waals surface area contributed by atoms with Gasteiger partial charge in [-0.05, 0) is 26.3 Å². The van der Waals surface area contributed by atoms with Crippen LogP contribution in [0.1, 0.15) is 31.0 Å². The second-order valence-electron chi connectivity index (χ2n) is 4.04. The van der Waals surface area contributed by atoms with Gasteiger partial charge in [-0.1, -0.05) is 29.8 Å². The molecule has 0 bridgehead atoms.